The van der Waals surface area contributed by atoms with Crippen LogP contribution in [0.4, 0.5) is 0 Å². The molecule has 1 aromatic carbocycles. The highest BCUT2D eigenvalue weighted by molar-refractivity contribution is 5.96. The maximum Gasteiger partial charge on any atom is 0.259 e. The molecule has 2 aromatic rings. The highest BCUT2D eigenvalue weighted by atomic mass is 16.5. The lowest BCUT2D eigenvalue weighted by atomic mass is 10.0. The first kappa shape index (κ1) is 25.0. The largest absolute Gasteiger partial charge is 0.381 e. The Morgan fingerprint density at radius 1 is 1.08 bits per heavy atom. The van der Waals surface area contributed by atoms with Crippen LogP contribution in [0.1, 0.15) is 60.1 Å². The van der Waals surface area contributed by atoms with Crippen molar-refractivity contribution in [3.63, 3.8) is 0 Å². The summed E-state index contributed by atoms with van der Waals surface area (Å²) in [6.07, 6.45) is 3.04. The molecule has 3 aliphatic heterocycles. The Labute approximate surface area is 213 Å². The summed E-state index contributed by atoms with van der Waals surface area (Å²) in [5.74, 6) is 1.81. The van der Waals surface area contributed by atoms with Gasteiger partial charge < -0.3 is 24.4 Å². The zero-order valence-corrected chi connectivity index (χ0v) is 21.4. The Morgan fingerprint density at radius 3 is 2.47 bits per heavy atom. The number of nitrogens with one attached hydrogen (secondary N) is 1. The molecule has 194 valence electrons. The quantitative estimate of drug-likeness (QED) is 0.577. The molecule has 0 spiro atoms. The van der Waals surface area contributed by atoms with E-state index in [4.69, 9.17) is 9.26 Å². The van der Waals surface area contributed by atoms with Gasteiger partial charge in [-0.05, 0) is 36.7 Å². The Hall–Kier alpha value is -2.71. The highest BCUT2D eigenvalue weighted by Gasteiger charge is 2.42. The van der Waals surface area contributed by atoms with Crippen LogP contribution in [-0.4, -0.2) is 72.7 Å². The number of nitrogens with zero attached hydrogens (tertiary/aromatic N) is 3. The molecule has 1 N–H and O–H groups in total. The van der Waals surface area contributed by atoms with Crippen LogP contribution in [0.2, 0.25) is 0 Å². The third kappa shape index (κ3) is 5.20. The summed E-state index contributed by atoms with van der Waals surface area (Å²) in [4.78, 5) is 30.7. The van der Waals surface area contributed by atoms with Gasteiger partial charge in [0.1, 0.15) is 11.3 Å². The second kappa shape index (κ2) is 11.1. The van der Waals surface area contributed by atoms with E-state index in [0.29, 0.717) is 49.2 Å². The number of carbonyl (C=O) groups is 2. The molecule has 0 radical (unpaired) electrons. The third-order valence-corrected chi connectivity index (χ3v) is 8.11. The number of hydrogen-bond donors (Lipinski definition) is 1. The van der Waals surface area contributed by atoms with Crippen LogP contribution >= 0.6 is 0 Å². The highest BCUT2D eigenvalue weighted by Crippen LogP contribution is 2.33. The Balaban J connectivity index is 1.17. The molecular weight excluding hydrogens is 456 g/mol. The van der Waals surface area contributed by atoms with Crippen LogP contribution in [-0.2, 0) is 22.4 Å². The number of aromatic nitrogens is 1. The van der Waals surface area contributed by atoms with Crippen molar-refractivity contribution in [2.45, 2.75) is 45.6 Å². The number of ether oxygens (including phenoxy) is 1. The Kier molecular flexibility index (Phi) is 7.72. The summed E-state index contributed by atoms with van der Waals surface area (Å²) in [5, 5.41) is 7.42. The molecule has 2 amide bonds. The van der Waals surface area contributed by atoms with Gasteiger partial charge in [0.05, 0.1) is 24.3 Å². The molecule has 8 heteroatoms. The van der Waals surface area contributed by atoms with Gasteiger partial charge in [0.15, 0.2) is 0 Å². The van der Waals surface area contributed by atoms with Gasteiger partial charge in [0, 0.05) is 45.8 Å². The molecular formula is C28H38N4O4. The average Bonchev–Trinajstić information content (AvgIpc) is 3.69. The average molecular weight is 495 g/mol. The van der Waals surface area contributed by atoms with E-state index in [0.717, 1.165) is 56.8 Å². The van der Waals surface area contributed by atoms with Crippen LogP contribution in [0.15, 0.2) is 34.9 Å². The number of aryl methyl sites for hydroxylation is 2. The van der Waals surface area contributed by atoms with Crippen molar-refractivity contribution in [1.82, 2.24) is 20.3 Å². The molecule has 3 unspecified atom stereocenters. The number of carbonyl (C=O) groups excluding carboxylic acids is 2. The first-order chi connectivity index (χ1) is 17.6. The first-order valence-corrected chi connectivity index (χ1v) is 13.5. The summed E-state index contributed by atoms with van der Waals surface area (Å²) in [6, 6.07) is 10.3. The van der Waals surface area contributed by atoms with E-state index in [2.05, 4.69) is 27.5 Å². The zero-order valence-electron chi connectivity index (χ0n) is 21.4. The molecule has 4 atom stereocenters. The van der Waals surface area contributed by atoms with E-state index in [1.165, 1.54) is 0 Å². The van der Waals surface area contributed by atoms with Gasteiger partial charge in [0.2, 0.25) is 5.91 Å². The second-order valence-corrected chi connectivity index (χ2v) is 10.4. The van der Waals surface area contributed by atoms with Crippen molar-refractivity contribution in [1.29, 1.82) is 0 Å². The summed E-state index contributed by atoms with van der Waals surface area (Å²) in [6.45, 7) is 9.69. The van der Waals surface area contributed by atoms with Gasteiger partial charge in [-0.1, -0.05) is 49.3 Å². The van der Waals surface area contributed by atoms with Gasteiger partial charge in [-0.2, -0.15) is 0 Å². The molecule has 1 aromatic heterocycles. The topological polar surface area (TPSA) is 87.9 Å². The molecule has 0 saturated carbocycles. The third-order valence-electron chi connectivity index (χ3n) is 8.11. The van der Waals surface area contributed by atoms with E-state index in [1.807, 2.05) is 36.9 Å². The Bertz CT molecular complexity index is 1010. The maximum atomic E-state index is 13.3. The van der Waals surface area contributed by atoms with Crippen LogP contribution in [0.5, 0.6) is 0 Å². The molecule has 3 aliphatic rings. The normalized spacial score (nSPS) is 24.7. The lowest BCUT2D eigenvalue weighted by Crippen LogP contribution is -2.37. The molecule has 8 nitrogen and oxygen atoms in total. The summed E-state index contributed by atoms with van der Waals surface area (Å²) >= 11 is 0. The van der Waals surface area contributed by atoms with Gasteiger partial charge >= 0.3 is 0 Å². The van der Waals surface area contributed by atoms with Crippen LogP contribution in [0.3, 0.4) is 0 Å². The summed E-state index contributed by atoms with van der Waals surface area (Å²) in [7, 11) is 0. The van der Waals surface area contributed by atoms with Crippen molar-refractivity contribution in [2.75, 3.05) is 45.9 Å². The number of hydrogen-bond acceptors (Lipinski definition) is 6. The molecule has 3 fully saturated rings. The first-order valence-electron chi connectivity index (χ1n) is 13.5. The fourth-order valence-electron chi connectivity index (χ4n) is 6.03. The second-order valence-electron chi connectivity index (χ2n) is 10.4. The van der Waals surface area contributed by atoms with Crippen LogP contribution in [0.25, 0.3) is 0 Å². The van der Waals surface area contributed by atoms with E-state index < -0.39 is 0 Å². The minimum atomic E-state index is -0.0437. The van der Waals surface area contributed by atoms with Crippen molar-refractivity contribution >= 4 is 11.8 Å². The van der Waals surface area contributed by atoms with Crippen molar-refractivity contribution in [2.24, 2.45) is 17.8 Å². The number of rotatable bonds is 9. The smallest absolute Gasteiger partial charge is 0.259 e. The fourth-order valence-corrected chi connectivity index (χ4v) is 6.03. The monoisotopic (exact) mass is 494 g/mol. The molecule has 4 heterocycles. The zero-order chi connectivity index (χ0) is 25.1. The number of fused-ring (bicyclic) bond motifs is 1. The number of likely N-dealkylation sites (tertiary alicyclic amines) is 2. The van der Waals surface area contributed by atoms with Crippen molar-refractivity contribution in [3.05, 3.63) is 52.9 Å². The van der Waals surface area contributed by atoms with E-state index in [9.17, 15) is 9.59 Å². The van der Waals surface area contributed by atoms with Gasteiger partial charge in [-0.15, -0.1) is 0 Å². The van der Waals surface area contributed by atoms with Crippen molar-refractivity contribution < 1.29 is 18.8 Å². The van der Waals surface area contributed by atoms with Gasteiger partial charge in [-0.25, -0.2) is 0 Å². The van der Waals surface area contributed by atoms with Gasteiger partial charge in [0.25, 0.3) is 5.91 Å². The van der Waals surface area contributed by atoms with Crippen LogP contribution < -0.4 is 5.32 Å². The SMILES string of the molecule is CCc1noc(CC)c1C(=O)N1CC2CN(CC[C@H](NC(=O)C3CCOC3)c3ccccc3)CC2C1. The molecule has 0 bridgehead atoms. The lowest BCUT2D eigenvalue weighted by molar-refractivity contribution is -0.125. The van der Waals surface area contributed by atoms with E-state index in [1.54, 1.807) is 0 Å². The predicted octanol–water partition coefficient (Wildman–Crippen LogP) is 3.09. The van der Waals surface area contributed by atoms with Crippen molar-refractivity contribution in [3.8, 4) is 0 Å². The Morgan fingerprint density at radius 2 is 1.83 bits per heavy atom. The number of benzene rings is 1. The number of amides is 2. The fraction of sp³-hybridized carbons (Fsp3) is 0.607. The van der Waals surface area contributed by atoms with Gasteiger partial charge in [-0.3, -0.25) is 9.59 Å². The molecule has 3 saturated heterocycles. The van der Waals surface area contributed by atoms with Crippen LogP contribution in [0, 0.1) is 17.8 Å². The van der Waals surface area contributed by atoms with E-state index >= 15 is 0 Å². The predicted molar refractivity (Wildman–Crippen MR) is 135 cm³/mol. The maximum absolute atomic E-state index is 13.3. The standard InChI is InChI=1S/C28H38N4O4/c1-3-23-26(25(4-2)36-30-23)28(34)32-16-21-14-31(15-22(21)17-32)12-10-24(19-8-6-5-7-9-19)29-27(33)20-11-13-35-18-20/h5-9,20-22,24H,3-4,10-18H2,1-2H3,(H,29,33)/t20?,21?,22?,24-/m0/s1. The molecule has 5 rings (SSSR count). The molecule has 0 aliphatic carbocycles. The minimum absolute atomic E-state index is 0.00802. The summed E-state index contributed by atoms with van der Waals surface area (Å²) in [5.41, 5.74) is 2.60. The summed E-state index contributed by atoms with van der Waals surface area (Å²) < 4.78 is 10.9. The molecule has 36 heavy (non-hydrogen) atoms. The van der Waals surface area contributed by atoms with E-state index in [-0.39, 0.29) is 23.8 Å². The lowest BCUT2D eigenvalue weighted by Gasteiger charge is -2.25. The minimum Gasteiger partial charge on any atom is -0.381 e.